The van der Waals surface area contributed by atoms with Crippen molar-refractivity contribution in [2.45, 2.75) is 73.6 Å². The molecule has 0 aromatic carbocycles. The zero-order valence-corrected chi connectivity index (χ0v) is 14.5. The van der Waals surface area contributed by atoms with Crippen molar-refractivity contribution < 1.29 is 4.42 Å². The van der Waals surface area contributed by atoms with E-state index in [1.54, 1.807) is 0 Å². The molecule has 1 heterocycles. The van der Waals surface area contributed by atoms with Crippen molar-refractivity contribution in [1.82, 2.24) is 10.2 Å². The Morgan fingerprint density at radius 1 is 1.25 bits per heavy atom. The molecule has 1 aromatic rings. The molecular formula is C17H32N2O. The fourth-order valence-corrected chi connectivity index (χ4v) is 2.20. The zero-order chi connectivity index (χ0) is 15.5. The molecule has 3 heteroatoms. The van der Waals surface area contributed by atoms with Crippen LogP contribution in [0.25, 0.3) is 0 Å². The van der Waals surface area contributed by atoms with Crippen LogP contribution in [0.3, 0.4) is 0 Å². The first kappa shape index (κ1) is 17.3. The maximum atomic E-state index is 5.90. The molecule has 1 unspecified atom stereocenters. The lowest BCUT2D eigenvalue weighted by molar-refractivity contribution is 0.126. The fourth-order valence-electron chi connectivity index (χ4n) is 2.20. The lowest BCUT2D eigenvalue weighted by Crippen LogP contribution is -2.38. The normalized spacial score (nSPS) is 14.3. The molecule has 0 aliphatic rings. The number of hydrogen-bond donors (Lipinski definition) is 1. The molecule has 1 N–H and O–H groups in total. The number of furan rings is 1. The van der Waals surface area contributed by atoms with Gasteiger partial charge in [0.25, 0.3) is 0 Å². The van der Waals surface area contributed by atoms with E-state index in [-0.39, 0.29) is 5.41 Å². The summed E-state index contributed by atoms with van der Waals surface area (Å²) >= 11 is 0. The Balaban J connectivity index is 2.67. The van der Waals surface area contributed by atoms with Gasteiger partial charge >= 0.3 is 0 Å². The molecule has 0 amide bonds. The number of rotatable bonds is 6. The van der Waals surface area contributed by atoms with E-state index in [1.807, 2.05) is 6.92 Å². The maximum absolute atomic E-state index is 5.90. The molecule has 1 atom stereocenters. The molecule has 0 saturated heterocycles. The van der Waals surface area contributed by atoms with Crippen molar-refractivity contribution in [3.05, 3.63) is 23.2 Å². The van der Waals surface area contributed by atoms with Crippen LogP contribution in [0.5, 0.6) is 0 Å². The highest BCUT2D eigenvalue weighted by Crippen LogP contribution is 2.25. The molecular weight excluding hydrogens is 248 g/mol. The summed E-state index contributed by atoms with van der Waals surface area (Å²) in [7, 11) is 2.17. The summed E-state index contributed by atoms with van der Waals surface area (Å²) < 4.78 is 5.90. The minimum absolute atomic E-state index is 0.276. The quantitative estimate of drug-likeness (QED) is 0.855. The third kappa shape index (κ3) is 4.95. The molecule has 0 fully saturated rings. The third-order valence-corrected chi connectivity index (χ3v) is 4.09. The standard InChI is InChI=1S/C17H32N2O/c1-12(2)18-10-15-9-16(20-13(15)3)11-19(8)14(4)17(5,6)7/h9,12,14,18H,10-11H2,1-8H3. The van der Waals surface area contributed by atoms with Gasteiger partial charge in [-0.25, -0.2) is 0 Å². The number of aryl methyl sites for hydroxylation is 1. The van der Waals surface area contributed by atoms with Crippen molar-refractivity contribution in [2.75, 3.05) is 7.05 Å². The van der Waals surface area contributed by atoms with E-state index >= 15 is 0 Å². The van der Waals surface area contributed by atoms with Crippen molar-refractivity contribution in [2.24, 2.45) is 5.41 Å². The van der Waals surface area contributed by atoms with Crippen LogP contribution >= 0.6 is 0 Å². The minimum Gasteiger partial charge on any atom is -0.465 e. The molecule has 0 aliphatic heterocycles. The first-order chi connectivity index (χ1) is 9.11. The Bertz CT molecular complexity index is 415. The monoisotopic (exact) mass is 280 g/mol. The van der Waals surface area contributed by atoms with Gasteiger partial charge in [0.15, 0.2) is 0 Å². The Kier molecular flexibility index (Phi) is 5.84. The van der Waals surface area contributed by atoms with Crippen LogP contribution in [0.2, 0.25) is 0 Å². The first-order valence-corrected chi connectivity index (χ1v) is 7.63. The van der Waals surface area contributed by atoms with E-state index in [9.17, 15) is 0 Å². The summed E-state index contributed by atoms with van der Waals surface area (Å²) in [5, 5.41) is 3.44. The smallest absolute Gasteiger partial charge is 0.118 e. The SMILES string of the molecule is Cc1oc(CN(C)C(C)C(C)(C)C)cc1CNC(C)C. The number of hydrogen-bond acceptors (Lipinski definition) is 3. The summed E-state index contributed by atoms with van der Waals surface area (Å²) in [6, 6.07) is 3.19. The van der Waals surface area contributed by atoms with Gasteiger partial charge in [0.05, 0.1) is 6.54 Å². The predicted molar refractivity (Wildman–Crippen MR) is 85.8 cm³/mol. The van der Waals surface area contributed by atoms with Gasteiger partial charge < -0.3 is 9.73 Å². The van der Waals surface area contributed by atoms with Gasteiger partial charge in [-0.15, -0.1) is 0 Å². The summed E-state index contributed by atoms with van der Waals surface area (Å²) in [5.74, 6) is 2.09. The van der Waals surface area contributed by atoms with Gasteiger partial charge in [0.2, 0.25) is 0 Å². The highest BCUT2D eigenvalue weighted by atomic mass is 16.3. The molecule has 3 nitrogen and oxygen atoms in total. The van der Waals surface area contributed by atoms with E-state index in [0.29, 0.717) is 12.1 Å². The molecule has 116 valence electrons. The molecule has 0 spiro atoms. The van der Waals surface area contributed by atoms with Gasteiger partial charge in [-0.05, 0) is 32.4 Å². The average molecular weight is 280 g/mol. The van der Waals surface area contributed by atoms with Crippen molar-refractivity contribution in [3.8, 4) is 0 Å². The van der Waals surface area contributed by atoms with Crippen LogP contribution in [0.4, 0.5) is 0 Å². The Morgan fingerprint density at radius 3 is 2.35 bits per heavy atom. The highest BCUT2D eigenvalue weighted by Gasteiger charge is 2.24. The topological polar surface area (TPSA) is 28.4 Å². The minimum atomic E-state index is 0.276. The van der Waals surface area contributed by atoms with Crippen molar-refractivity contribution in [3.63, 3.8) is 0 Å². The van der Waals surface area contributed by atoms with Gasteiger partial charge in [0.1, 0.15) is 11.5 Å². The second-order valence-electron chi connectivity index (χ2n) is 7.29. The van der Waals surface area contributed by atoms with Crippen LogP contribution in [-0.2, 0) is 13.1 Å². The van der Waals surface area contributed by atoms with Crippen LogP contribution in [-0.4, -0.2) is 24.0 Å². The van der Waals surface area contributed by atoms with Crippen LogP contribution in [0, 0.1) is 12.3 Å². The second-order valence-corrected chi connectivity index (χ2v) is 7.29. The van der Waals surface area contributed by atoms with Gasteiger partial charge in [-0.2, -0.15) is 0 Å². The molecule has 0 saturated carbocycles. The molecule has 1 aromatic heterocycles. The van der Waals surface area contributed by atoms with E-state index in [2.05, 4.69) is 64.9 Å². The maximum Gasteiger partial charge on any atom is 0.118 e. The van der Waals surface area contributed by atoms with E-state index in [0.717, 1.165) is 24.6 Å². The zero-order valence-electron chi connectivity index (χ0n) is 14.5. The predicted octanol–water partition coefficient (Wildman–Crippen LogP) is 3.95. The van der Waals surface area contributed by atoms with E-state index < -0.39 is 0 Å². The van der Waals surface area contributed by atoms with E-state index in [4.69, 9.17) is 4.42 Å². The van der Waals surface area contributed by atoms with E-state index in [1.165, 1.54) is 5.56 Å². The lowest BCUT2D eigenvalue weighted by atomic mass is 9.87. The van der Waals surface area contributed by atoms with Gasteiger partial charge in [-0.3, -0.25) is 4.90 Å². The average Bonchev–Trinajstić information content (AvgIpc) is 2.64. The molecule has 1 rings (SSSR count). The summed E-state index contributed by atoms with van der Waals surface area (Å²) in [5.41, 5.74) is 1.55. The fraction of sp³-hybridized carbons (Fsp3) is 0.765. The molecule has 0 radical (unpaired) electrons. The number of nitrogens with one attached hydrogen (secondary N) is 1. The largest absolute Gasteiger partial charge is 0.465 e. The van der Waals surface area contributed by atoms with Crippen molar-refractivity contribution >= 4 is 0 Å². The van der Waals surface area contributed by atoms with Gasteiger partial charge in [0, 0.05) is 24.2 Å². The first-order valence-electron chi connectivity index (χ1n) is 7.63. The summed E-state index contributed by atoms with van der Waals surface area (Å²) in [6.07, 6.45) is 0. The lowest BCUT2D eigenvalue weighted by Gasteiger charge is -2.34. The van der Waals surface area contributed by atoms with Crippen LogP contribution in [0.15, 0.2) is 10.5 Å². The molecule has 0 aliphatic carbocycles. The Hall–Kier alpha value is -0.800. The second kappa shape index (κ2) is 6.77. The molecule has 0 bridgehead atoms. The summed E-state index contributed by atoms with van der Waals surface area (Å²) in [6.45, 7) is 17.2. The Morgan fingerprint density at radius 2 is 1.85 bits per heavy atom. The van der Waals surface area contributed by atoms with Crippen LogP contribution in [0.1, 0.15) is 58.6 Å². The Labute approximate surface area is 124 Å². The van der Waals surface area contributed by atoms with Crippen LogP contribution < -0.4 is 5.32 Å². The highest BCUT2D eigenvalue weighted by molar-refractivity contribution is 5.20. The summed E-state index contributed by atoms with van der Waals surface area (Å²) in [4.78, 5) is 2.36. The molecule has 20 heavy (non-hydrogen) atoms. The number of nitrogens with zero attached hydrogens (tertiary/aromatic N) is 1. The van der Waals surface area contributed by atoms with Crippen molar-refractivity contribution in [1.29, 1.82) is 0 Å². The van der Waals surface area contributed by atoms with Gasteiger partial charge in [-0.1, -0.05) is 34.6 Å². The third-order valence-electron chi connectivity index (χ3n) is 4.09.